The van der Waals surface area contributed by atoms with Gasteiger partial charge in [-0.1, -0.05) is 0 Å². The highest BCUT2D eigenvalue weighted by Gasteiger charge is 2.10. The fourth-order valence-electron chi connectivity index (χ4n) is 2.81. The summed E-state index contributed by atoms with van der Waals surface area (Å²) in [5.41, 5.74) is 3.64. The first-order valence-electron chi connectivity index (χ1n) is 8.96. The molecule has 0 aliphatic heterocycles. The van der Waals surface area contributed by atoms with Crippen LogP contribution in [-0.4, -0.2) is 32.3 Å². The van der Waals surface area contributed by atoms with Crippen molar-refractivity contribution in [3.8, 4) is 28.5 Å². The van der Waals surface area contributed by atoms with Crippen molar-refractivity contribution in [2.24, 2.45) is 0 Å². The Hall–Kier alpha value is -3.74. The van der Waals surface area contributed by atoms with E-state index in [2.05, 4.69) is 15.6 Å². The van der Waals surface area contributed by atoms with E-state index < -0.39 is 0 Å². The number of amides is 2. The molecule has 1 aromatic heterocycles. The third-order valence-electron chi connectivity index (χ3n) is 4.36. The number of benzene rings is 2. The lowest BCUT2D eigenvalue weighted by atomic mass is 10.1. The zero-order chi connectivity index (χ0) is 20.8. The summed E-state index contributed by atoms with van der Waals surface area (Å²) < 4.78 is 15.7. The SMILES string of the molecule is COc1ccc(NC(=O)Nc2ccc(-c3ccc(OC)c(OC)c3)nc2C)cc1. The number of aryl methyl sites for hydroxylation is 1. The number of methoxy groups -OCH3 is 3. The second-order valence-corrected chi connectivity index (χ2v) is 6.21. The van der Waals surface area contributed by atoms with E-state index in [-0.39, 0.29) is 6.03 Å². The van der Waals surface area contributed by atoms with E-state index in [0.717, 1.165) is 17.0 Å². The van der Waals surface area contributed by atoms with Gasteiger partial charge >= 0.3 is 6.03 Å². The maximum Gasteiger partial charge on any atom is 0.323 e. The molecule has 150 valence electrons. The molecular weight excluding hydrogens is 370 g/mol. The number of nitrogens with zero attached hydrogens (tertiary/aromatic N) is 1. The average molecular weight is 393 g/mol. The van der Waals surface area contributed by atoms with Gasteiger partial charge in [0, 0.05) is 11.3 Å². The average Bonchev–Trinajstić information content (AvgIpc) is 2.75. The molecule has 0 spiro atoms. The predicted octanol–water partition coefficient (Wildman–Crippen LogP) is 4.73. The number of urea groups is 1. The number of hydrogen-bond acceptors (Lipinski definition) is 5. The van der Waals surface area contributed by atoms with Crippen LogP contribution in [0, 0.1) is 6.92 Å². The summed E-state index contributed by atoms with van der Waals surface area (Å²) in [6, 6.07) is 16.0. The van der Waals surface area contributed by atoms with Gasteiger partial charge in [-0.3, -0.25) is 4.98 Å². The van der Waals surface area contributed by atoms with E-state index in [9.17, 15) is 4.79 Å². The van der Waals surface area contributed by atoms with Gasteiger partial charge in [0.05, 0.1) is 38.4 Å². The van der Waals surface area contributed by atoms with Gasteiger partial charge in [-0.2, -0.15) is 0 Å². The molecule has 29 heavy (non-hydrogen) atoms. The highest BCUT2D eigenvalue weighted by Crippen LogP contribution is 2.32. The summed E-state index contributed by atoms with van der Waals surface area (Å²) >= 11 is 0. The van der Waals surface area contributed by atoms with Crippen LogP contribution in [0.1, 0.15) is 5.69 Å². The molecule has 7 nitrogen and oxygen atoms in total. The van der Waals surface area contributed by atoms with Gasteiger partial charge < -0.3 is 24.8 Å². The van der Waals surface area contributed by atoms with E-state index in [1.54, 1.807) is 45.6 Å². The van der Waals surface area contributed by atoms with Gasteiger partial charge in [0.25, 0.3) is 0 Å². The maximum atomic E-state index is 12.3. The third-order valence-corrected chi connectivity index (χ3v) is 4.36. The molecule has 0 saturated heterocycles. The Morgan fingerprint density at radius 3 is 2.17 bits per heavy atom. The van der Waals surface area contributed by atoms with Gasteiger partial charge in [0.1, 0.15) is 5.75 Å². The van der Waals surface area contributed by atoms with E-state index in [1.165, 1.54) is 0 Å². The lowest BCUT2D eigenvalue weighted by Crippen LogP contribution is -2.20. The van der Waals surface area contributed by atoms with Crippen molar-refractivity contribution >= 4 is 17.4 Å². The summed E-state index contributed by atoms with van der Waals surface area (Å²) in [5.74, 6) is 2.01. The van der Waals surface area contributed by atoms with Gasteiger partial charge in [-0.15, -0.1) is 0 Å². The van der Waals surface area contributed by atoms with Crippen LogP contribution in [-0.2, 0) is 0 Å². The maximum absolute atomic E-state index is 12.3. The minimum atomic E-state index is -0.348. The van der Waals surface area contributed by atoms with Crippen LogP contribution in [0.2, 0.25) is 0 Å². The minimum Gasteiger partial charge on any atom is -0.497 e. The lowest BCUT2D eigenvalue weighted by Gasteiger charge is -2.12. The first-order chi connectivity index (χ1) is 14.0. The number of hydrogen-bond donors (Lipinski definition) is 2. The lowest BCUT2D eigenvalue weighted by molar-refractivity contribution is 0.262. The molecule has 3 aromatic rings. The van der Waals surface area contributed by atoms with Crippen molar-refractivity contribution in [2.75, 3.05) is 32.0 Å². The van der Waals surface area contributed by atoms with Crippen LogP contribution < -0.4 is 24.8 Å². The number of aromatic nitrogens is 1. The number of carbonyl (C=O) groups excluding carboxylic acids is 1. The molecular formula is C22H23N3O4. The van der Waals surface area contributed by atoms with Crippen molar-refractivity contribution < 1.29 is 19.0 Å². The van der Waals surface area contributed by atoms with Crippen LogP contribution in [0.5, 0.6) is 17.2 Å². The fourth-order valence-corrected chi connectivity index (χ4v) is 2.81. The number of nitrogens with one attached hydrogen (secondary N) is 2. The van der Waals surface area contributed by atoms with Crippen LogP contribution in [0.3, 0.4) is 0 Å². The smallest absolute Gasteiger partial charge is 0.323 e. The molecule has 2 N–H and O–H groups in total. The summed E-state index contributed by atoms with van der Waals surface area (Å²) in [6.45, 7) is 1.84. The van der Waals surface area contributed by atoms with Crippen molar-refractivity contribution in [3.05, 3.63) is 60.3 Å². The van der Waals surface area contributed by atoms with Crippen molar-refractivity contribution in [3.63, 3.8) is 0 Å². The molecule has 0 unspecified atom stereocenters. The molecule has 0 atom stereocenters. The molecule has 0 bridgehead atoms. The summed E-state index contributed by atoms with van der Waals surface area (Å²) in [4.78, 5) is 16.9. The summed E-state index contributed by atoms with van der Waals surface area (Å²) in [6.07, 6.45) is 0. The second kappa shape index (κ2) is 8.97. The quantitative estimate of drug-likeness (QED) is 0.633. The van der Waals surface area contributed by atoms with Crippen LogP contribution in [0.15, 0.2) is 54.6 Å². The standard InChI is InChI=1S/C22H23N3O4/c1-14-18(25-22(26)24-16-6-8-17(27-2)9-7-16)10-11-19(23-14)15-5-12-20(28-3)21(13-15)29-4/h5-13H,1-4H3,(H2,24,25,26). The fraction of sp³-hybridized carbons (Fsp3) is 0.182. The molecule has 0 aliphatic rings. The topological polar surface area (TPSA) is 81.7 Å². The Kier molecular flexibility index (Phi) is 6.19. The van der Waals surface area contributed by atoms with Crippen molar-refractivity contribution in [1.29, 1.82) is 0 Å². The molecule has 0 aliphatic carbocycles. The summed E-state index contributed by atoms with van der Waals surface area (Å²) in [7, 11) is 4.78. The van der Waals surface area contributed by atoms with Gasteiger partial charge in [-0.05, 0) is 61.5 Å². The molecule has 0 radical (unpaired) electrons. The minimum absolute atomic E-state index is 0.348. The Morgan fingerprint density at radius 1 is 0.828 bits per heavy atom. The molecule has 1 heterocycles. The Balaban J connectivity index is 1.72. The number of carbonyl (C=O) groups is 1. The number of anilines is 2. The van der Waals surface area contributed by atoms with E-state index in [4.69, 9.17) is 14.2 Å². The van der Waals surface area contributed by atoms with Gasteiger partial charge in [0.2, 0.25) is 0 Å². The van der Waals surface area contributed by atoms with E-state index >= 15 is 0 Å². The highest BCUT2D eigenvalue weighted by atomic mass is 16.5. The van der Waals surface area contributed by atoms with E-state index in [1.807, 2.05) is 37.3 Å². The third kappa shape index (κ3) is 4.76. The second-order valence-electron chi connectivity index (χ2n) is 6.21. The molecule has 0 saturated carbocycles. The van der Waals surface area contributed by atoms with Crippen LogP contribution in [0.25, 0.3) is 11.3 Å². The molecule has 2 amide bonds. The molecule has 2 aromatic carbocycles. The Bertz CT molecular complexity index is 1000. The van der Waals surface area contributed by atoms with Crippen LogP contribution in [0.4, 0.5) is 16.2 Å². The van der Waals surface area contributed by atoms with Crippen molar-refractivity contribution in [1.82, 2.24) is 4.98 Å². The molecule has 0 fully saturated rings. The predicted molar refractivity (Wildman–Crippen MR) is 113 cm³/mol. The zero-order valence-electron chi connectivity index (χ0n) is 16.8. The number of pyridine rings is 1. The first kappa shape index (κ1) is 20.0. The molecule has 3 rings (SSSR count). The number of ether oxygens (including phenoxy) is 3. The first-order valence-corrected chi connectivity index (χ1v) is 8.96. The van der Waals surface area contributed by atoms with Gasteiger partial charge in [0.15, 0.2) is 11.5 Å². The van der Waals surface area contributed by atoms with Gasteiger partial charge in [-0.25, -0.2) is 4.79 Å². The van der Waals surface area contributed by atoms with Crippen LogP contribution >= 0.6 is 0 Å². The van der Waals surface area contributed by atoms with Crippen molar-refractivity contribution in [2.45, 2.75) is 6.92 Å². The zero-order valence-corrected chi connectivity index (χ0v) is 16.8. The summed E-state index contributed by atoms with van der Waals surface area (Å²) in [5, 5.41) is 5.60. The Labute approximate surface area is 169 Å². The largest absolute Gasteiger partial charge is 0.497 e. The number of rotatable bonds is 6. The molecule has 7 heteroatoms. The monoisotopic (exact) mass is 393 g/mol. The Morgan fingerprint density at radius 2 is 1.55 bits per heavy atom. The van der Waals surface area contributed by atoms with E-state index in [0.29, 0.717) is 28.6 Å². The normalized spacial score (nSPS) is 10.2. The highest BCUT2D eigenvalue weighted by molar-refractivity contribution is 6.00.